The summed E-state index contributed by atoms with van der Waals surface area (Å²) in [7, 11) is 1.71. The summed E-state index contributed by atoms with van der Waals surface area (Å²) in [5.41, 5.74) is 2.68. The number of carbonyl (C=O) groups excluding carboxylic acids is 1. The molecule has 1 amide bonds. The molecule has 0 fully saturated rings. The highest BCUT2D eigenvalue weighted by atomic mass is 79.9. The van der Waals surface area contributed by atoms with Crippen LogP contribution in [-0.2, 0) is 0 Å². The van der Waals surface area contributed by atoms with E-state index < -0.39 is 0 Å². The first-order valence-corrected chi connectivity index (χ1v) is 11.1. The second-order valence-corrected chi connectivity index (χ2v) is 8.90. The Bertz CT molecular complexity index is 1430. The van der Waals surface area contributed by atoms with Crippen LogP contribution in [0, 0.1) is 5.82 Å². The third kappa shape index (κ3) is 3.92. The highest BCUT2D eigenvalue weighted by molar-refractivity contribution is 9.10. The fourth-order valence-electron chi connectivity index (χ4n) is 3.12. The second kappa shape index (κ2) is 8.25. The predicted octanol–water partition coefficient (Wildman–Crippen LogP) is 6.19. The number of nitrogens with zero attached hydrogens (tertiary/aromatic N) is 4. The van der Waals surface area contributed by atoms with Gasteiger partial charge in [0.15, 0.2) is 5.13 Å². The zero-order valence-electron chi connectivity index (χ0n) is 16.6. The number of hydrogen-bond acceptors (Lipinski definition) is 6. The fraction of sp³-hybridized carbons (Fsp3) is 0.0435. The summed E-state index contributed by atoms with van der Waals surface area (Å²) in [5.74, 6) is 0.169. The van der Waals surface area contributed by atoms with E-state index in [-0.39, 0.29) is 11.7 Å². The molecule has 0 aliphatic carbocycles. The molecule has 0 radical (unpaired) electrons. The van der Waals surface area contributed by atoms with E-state index in [1.165, 1.54) is 28.4 Å². The zero-order valence-corrected chi connectivity index (χ0v) is 19.0. The number of benzene rings is 3. The van der Waals surface area contributed by atoms with E-state index in [1.807, 2.05) is 18.2 Å². The average molecular weight is 509 g/mol. The highest BCUT2D eigenvalue weighted by Crippen LogP contribution is 2.31. The van der Waals surface area contributed by atoms with Crippen LogP contribution in [0.3, 0.4) is 0 Å². The van der Waals surface area contributed by atoms with Crippen LogP contribution in [0.15, 0.2) is 75.7 Å². The van der Waals surface area contributed by atoms with Gasteiger partial charge in [0.1, 0.15) is 5.82 Å². The maximum absolute atomic E-state index is 13.1. The van der Waals surface area contributed by atoms with E-state index in [0.29, 0.717) is 33.5 Å². The van der Waals surface area contributed by atoms with Gasteiger partial charge in [-0.1, -0.05) is 44.6 Å². The van der Waals surface area contributed by atoms with Crippen molar-refractivity contribution in [2.45, 2.75) is 0 Å². The van der Waals surface area contributed by atoms with E-state index in [0.717, 1.165) is 14.7 Å². The van der Waals surface area contributed by atoms with Crippen molar-refractivity contribution in [3.63, 3.8) is 0 Å². The standard InChI is InChI=1S/C23H14BrFN4O2S/c1-29(23-26-18-12-16(24)8-11-19(18)32-23)22(30)15-4-2-13(3-5-15)20-27-21(31-28-20)14-6-9-17(25)10-7-14/h2-12H,1H3. The zero-order chi connectivity index (χ0) is 22.2. The molecule has 0 saturated carbocycles. The second-order valence-electron chi connectivity index (χ2n) is 6.98. The Balaban J connectivity index is 1.35. The van der Waals surface area contributed by atoms with Crippen molar-refractivity contribution in [1.82, 2.24) is 15.1 Å². The molecule has 0 spiro atoms. The van der Waals surface area contributed by atoms with E-state index >= 15 is 0 Å². The number of aromatic nitrogens is 3. The van der Waals surface area contributed by atoms with Gasteiger partial charge in [0.25, 0.3) is 11.8 Å². The van der Waals surface area contributed by atoms with Gasteiger partial charge in [-0.15, -0.1) is 0 Å². The maximum Gasteiger partial charge on any atom is 0.259 e. The summed E-state index contributed by atoms with van der Waals surface area (Å²) in [6, 6.07) is 18.6. The Labute approximate surface area is 194 Å². The normalized spacial score (nSPS) is 11.1. The molecule has 3 aromatic carbocycles. The number of amides is 1. The van der Waals surface area contributed by atoms with Gasteiger partial charge < -0.3 is 4.52 Å². The van der Waals surface area contributed by atoms with Crippen LogP contribution in [0.2, 0.25) is 0 Å². The SMILES string of the molecule is CN(C(=O)c1ccc(-c2noc(-c3ccc(F)cc3)n2)cc1)c1nc2cc(Br)ccc2s1. The molecule has 0 unspecified atom stereocenters. The molecule has 6 nitrogen and oxygen atoms in total. The van der Waals surface area contributed by atoms with Crippen molar-refractivity contribution >= 4 is 48.5 Å². The topological polar surface area (TPSA) is 72.1 Å². The molecule has 32 heavy (non-hydrogen) atoms. The Morgan fingerprint density at radius 3 is 2.47 bits per heavy atom. The van der Waals surface area contributed by atoms with Gasteiger partial charge in [-0.25, -0.2) is 9.37 Å². The first-order chi connectivity index (χ1) is 15.5. The average Bonchev–Trinajstić information content (AvgIpc) is 3.46. The number of halogens is 2. The van der Waals surface area contributed by atoms with Crippen molar-refractivity contribution in [2.75, 3.05) is 11.9 Å². The Hall–Kier alpha value is -3.43. The number of thiazole rings is 1. The minimum absolute atomic E-state index is 0.171. The molecule has 0 N–H and O–H groups in total. The van der Waals surface area contributed by atoms with E-state index in [1.54, 1.807) is 43.4 Å². The van der Waals surface area contributed by atoms with E-state index in [2.05, 4.69) is 31.1 Å². The molecule has 9 heteroatoms. The molecule has 2 heterocycles. The number of carbonyl (C=O) groups is 1. The van der Waals surface area contributed by atoms with Gasteiger partial charge in [-0.2, -0.15) is 4.98 Å². The first kappa shape index (κ1) is 20.5. The Kier molecular flexibility index (Phi) is 5.28. The molecule has 5 rings (SSSR count). The van der Waals surface area contributed by atoms with Crippen LogP contribution in [-0.4, -0.2) is 28.1 Å². The van der Waals surface area contributed by atoms with Crippen LogP contribution >= 0.6 is 27.3 Å². The first-order valence-electron chi connectivity index (χ1n) is 9.52. The molecular weight excluding hydrogens is 495 g/mol. The van der Waals surface area contributed by atoms with Gasteiger partial charge in [0, 0.05) is 28.2 Å². The van der Waals surface area contributed by atoms with Crippen LogP contribution < -0.4 is 4.90 Å². The summed E-state index contributed by atoms with van der Waals surface area (Å²) in [5, 5.41) is 4.61. The van der Waals surface area contributed by atoms with E-state index in [4.69, 9.17) is 4.52 Å². The summed E-state index contributed by atoms with van der Waals surface area (Å²) in [6.45, 7) is 0. The van der Waals surface area contributed by atoms with Gasteiger partial charge in [-0.3, -0.25) is 9.69 Å². The van der Waals surface area contributed by atoms with Gasteiger partial charge in [-0.05, 0) is 54.6 Å². The minimum atomic E-state index is -0.336. The quantitative estimate of drug-likeness (QED) is 0.289. The molecular formula is C23H14BrFN4O2S. The van der Waals surface area contributed by atoms with Crippen molar-refractivity contribution in [1.29, 1.82) is 0 Å². The van der Waals surface area contributed by atoms with Gasteiger partial charge in [0.05, 0.1) is 10.2 Å². The van der Waals surface area contributed by atoms with Crippen LogP contribution in [0.5, 0.6) is 0 Å². The lowest BCUT2D eigenvalue weighted by molar-refractivity contribution is 0.0993. The monoisotopic (exact) mass is 508 g/mol. The molecule has 0 atom stereocenters. The number of anilines is 1. The van der Waals surface area contributed by atoms with E-state index in [9.17, 15) is 9.18 Å². The number of hydrogen-bond donors (Lipinski definition) is 0. The third-order valence-electron chi connectivity index (χ3n) is 4.84. The number of fused-ring (bicyclic) bond motifs is 1. The molecule has 0 bridgehead atoms. The van der Waals surface area contributed by atoms with Crippen LogP contribution in [0.25, 0.3) is 33.1 Å². The minimum Gasteiger partial charge on any atom is -0.334 e. The highest BCUT2D eigenvalue weighted by Gasteiger charge is 2.18. The largest absolute Gasteiger partial charge is 0.334 e. The predicted molar refractivity (Wildman–Crippen MR) is 125 cm³/mol. The van der Waals surface area contributed by atoms with Crippen molar-refractivity contribution in [2.24, 2.45) is 0 Å². The summed E-state index contributed by atoms with van der Waals surface area (Å²) >= 11 is 4.90. The summed E-state index contributed by atoms with van der Waals surface area (Å²) in [4.78, 5) is 23.4. The summed E-state index contributed by atoms with van der Waals surface area (Å²) < 4.78 is 20.3. The van der Waals surface area contributed by atoms with Gasteiger partial charge in [0.2, 0.25) is 5.82 Å². The Morgan fingerprint density at radius 1 is 1.00 bits per heavy atom. The lowest BCUT2D eigenvalue weighted by Gasteiger charge is -2.13. The lowest BCUT2D eigenvalue weighted by Crippen LogP contribution is -2.25. The number of rotatable bonds is 4. The van der Waals surface area contributed by atoms with Crippen LogP contribution in [0.1, 0.15) is 10.4 Å². The van der Waals surface area contributed by atoms with Crippen molar-refractivity contribution in [3.05, 3.63) is 82.6 Å². The molecule has 2 aromatic heterocycles. The molecule has 5 aromatic rings. The summed E-state index contributed by atoms with van der Waals surface area (Å²) in [6.07, 6.45) is 0. The fourth-order valence-corrected chi connectivity index (χ4v) is 4.38. The third-order valence-corrected chi connectivity index (χ3v) is 6.44. The smallest absolute Gasteiger partial charge is 0.259 e. The van der Waals surface area contributed by atoms with Gasteiger partial charge >= 0.3 is 0 Å². The van der Waals surface area contributed by atoms with Crippen molar-refractivity contribution < 1.29 is 13.7 Å². The molecule has 158 valence electrons. The maximum atomic E-state index is 13.1. The molecule has 0 aliphatic rings. The molecule has 0 saturated heterocycles. The lowest BCUT2D eigenvalue weighted by atomic mass is 10.1. The van der Waals surface area contributed by atoms with Crippen LogP contribution in [0.4, 0.5) is 9.52 Å². The van der Waals surface area contributed by atoms with Crippen molar-refractivity contribution in [3.8, 4) is 22.8 Å². The molecule has 0 aliphatic heterocycles. The Morgan fingerprint density at radius 2 is 1.72 bits per heavy atom.